The minimum atomic E-state index is 0.754. The Hall–Kier alpha value is -1.54. The lowest BCUT2D eigenvalue weighted by Crippen LogP contribution is -2.47. The summed E-state index contributed by atoms with van der Waals surface area (Å²) in [5.41, 5.74) is 5.12. The van der Waals surface area contributed by atoms with Crippen LogP contribution in [0.15, 0.2) is 36.4 Å². The summed E-state index contributed by atoms with van der Waals surface area (Å²) in [5.74, 6) is 0.929. The van der Waals surface area contributed by atoms with Gasteiger partial charge >= 0.3 is 0 Å². The number of hydrogen-bond acceptors (Lipinski definition) is 1. The summed E-state index contributed by atoms with van der Waals surface area (Å²) >= 11 is 0. The van der Waals surface area contributed by atoms with Crippen LogP contribution in [0.3, 0.4) is 0 Å². The van der Waals surface area contributed by atoms with Crippen molar-refractivity contribution in [2.24, 2.45) is 0 Å². The van der Waals surface area contributed by atoms with Gasteiger partial charge in [-0.1, -0.05) is 30.3 Å². The minimum absolute atomic E-state index is 0.754. The highest BCUT2D eigenvalue weighted by atomic mass is 16.5. The second-order valence-electron chi connectivity index (χ2n) is 3.22. The molecule has 14 heavy (non-hydrogen) atoms. The standard InChI is InChI=1S/C12H13NO/c1-14-12-7-6-9-4-2-3-5-10(9)11(12)8-13/h2-7H,8,13H2,1H3/p+1. The molecule has 2 aromatic rings. The quantitative estimate of drug-likeness (QED) is 0.763. The van der Waals surface area contributed by atoms with E-state index < -0.39 is 0 Å². The summed E-state index contributed by atoms with van der Waals surface area (Å²) in [6, 6.07) is 12.4. The summed E-state index contributed by atoms with van der Waals surface area (Å²) in [5, 5.41) is 2.48. The average molecular weight is 188 g/mol. The summed E-state index contributed by atoms with van der Waals surface area (Å²) in [6.07, 6.45) is 0. The van der Waals surface area contributed by atoms with E-state index in [0.29, 0.717) is 0 Å². The first-order valence-corrected chi connectivity index (χ1v) is 4.70. The molecular weight excluding hydrogens is 174 g/mol. The second kappa shape index (κ2) is 3.68. The first kappa shape index (κ1) is 9.03. The molecule has 0 amide bonds. The number of ether oxygens (including phenoxy) is 1. The predicted octanol–water partition coefficient (Wildman–Crippen LogP) is 1.59. The van der Waals surface area contributed by atoms with Gasteiger partial charge in [0.25, 0.3) is 0 Å². The Balaban J connectivity index is 2.77. The van der Waals surface area contributed by atoms with Crippen LogP contribution >= 0.6 is 0 Å². The molecule has 0 heterocycles. The number of rotatable bonds is 2. The van der Waals surface area contributed by atoms with Crippen molar-refractivity contribution in [2.75, 3.05) is 7.11 Å². The molecule has 2 heteroatoms. The Morgan fingerprint density at radius 1 is 1.14 bits per heavy atom. The zero-order chi connectivity index (χ0) is 9.97. The number of fused-ring (bicyclic) bond motifs is 1. The van der Waals surface area contributed by atoms with Gasteiger partial charge in [0.2, 0.25) is 0 Å². The molecule has 0 radical (unpaired) electrons. The van der Waals surface area contributed by atoms with E-state index in [9.17, 15) is 0 Å². The normalized spacial score (nSPS) is 10.4. The molecule has 2 nitrogen and oxygen atoms in total. The fourth-order valence-corrected chi connectivity index (χ4v) is 1.77. The molecule has 2 rings (SSSR count). The van der Waals surface area contributed by atoms with E-state index in [1.165, 1.54) is 16.3 Å². The van der Waals surface area contributed by atoms with Gasteiger partial charge in [0.1, 0.15) is 12.3 Å². The van der Waals surface area contributed by atoms with Crippen molar-refractivity contribution in [2.45, 2.75) is 6.54 Å². The number of benzene rings is 2. The maximum absolute atomic E-state index is 5.30. The van der Waals surface area contributed by atoms with Crippen molar-refractivity contribution in [3.63, 3.8) is 0 Å². The molecule has 0 saturated carbocycles. The molecule has 0 saturated heterocycles. The van der Waals surface area contributed by atoms with Gasteiger partial charge in [0.15, 0.2) is 0 Å². The second-order valence-corrected chi connectivity index (χ2v) is 3.22. The Kier molecular flexibility index (Phi) is 2.37. The van der Waals surface area contributed by atoms with Gasteiger partial charge in [-0.2, -0.15) is 0 Å². The van der Waals surface area contributed by atoms with Gasteiger partial charge in [-0.25, -0.2) is 0 Å². The number of hydrogen-bond donors (Lipinski definition) is 1. The highest BCUT2D eigenvalue weighted by Gasteiger charge is 2.06. The lowest BCUT2D eigenvalue weighted by atomic mass is 10.0. The SMILES string of the molecule is COc1ccc2ccccc2c1C[NH3+]. The molecule has 0 atom stereocenters. The van der Waals surface area contributed by atoms with Crippen LogP contribution in [-0.2, 0) is 6.54 Å². The fourth-order valence-electron chi connectivity index (χ4n) is 1.77. The highest BCUT2D eigenvalue weighted by molar-refractivity contribution is 5.87. The lowest BCUT2D eigenvalue weighted by molar-refractivity contribution is -0.386. The largest absolute Gasteiger partial charge is 0.496 e. The monoisotopic (exact) mass is 188 g/mol. The summed E-state index contributed by atoms with van der Waals surface area (Å²) in [7, 11) is 1.70. The van der Waals surface area contributed by atoms with Crippen LogP contribution in [0.5, 0.6) is 5.75 Å². The van der Waals surface area contributed by atoms with Crippen molar-refractivity contribution in [1.82, 2.24) is 0 Å². The smallest absolute Gasteiger partial charge is 0.128 e. The van der Waals surface area contributed by atoms with Gasteiger partial charge in [-0.05, 0) is 16.8 Å². The Morgan fingerprint density at radius 2 is 1.93 bits per heavy atom. The molecule has 0 aromatic heterocycles. The van der Waals surface area contributed by atoms with Crippen LogP contribution in [0.2, 0.25) is 0 Å². The van der Waals surface area contributed by atoms with E-state index in [1.54, 1.807) is 7.11 Å². The fraction of sp³-hybridized carbons (Fsp3) is 0.167. The predicted molar refractivity (Wildman–Crippen MR) is 57.1 cm³/mol. The molecule has 0 bridgehead atoms. The molecule has 2 aromatic carbocycles. The van der Waals surface area contributed by atoms with Crippen LogP contribution in [0.1, 0.15) is 5.56 Å². The third-order valence-corrected chi connectivity index (χ3v) is 2.47. The third-order valence-electron chi connectivity index (χ3n) is 2.47. The molecule has 0 aliphatic carbocycles. The van der Waals surface area contributed by atoms with Crippen molar-refractivity contribution < 1.29 is 10.5 Å². The first-order valence-electron chi connectivity index (χ1n) is 4.70. The number of methoxy groups -OCH3 is 1. The Bertz CT molecular complexity index is 451. The zero-order valence-electron chi connectivity index (χ0n) is 8.29. The molecule has 3 N–H and O–H groups in total. The van der Waals surface area contributed by atoms with Crippen LogP contribution < -0.4 is 10.5 Å². The minimum Gasteiger partial charge on any atom is -0.496 e. The maximum Gasteiger partial charge on any atom is 0.128 e. The van der Waals surface area contributed by atoms with Crippen molar-refractivity contribution in [3.8, 4) is 5.75 Å². The van der Waals surface area contributed by atoms with E-state index in [1.807, 2.05) is 18.2 Å². The zero-order valence-corrected chi connectivity index (χ0v) is 8.29. The highest BCUT2D eigenvalue weighted by Crippen LogP contribution is 2.26. The van der Waals surface area contributed by atoms with Crippen LogP contribution in [-0.4, -0.2) is 7.11 Å². The molecule has 72 valence electrons. The molecule has 0 fully saturated rings. The average Bonchev–Trinajstić information content (AvgIpc) is 2.27. The number of quaternary nitrogens is 1. The van der Waals surface area contributed by atoms with E-state index in [0.717, 1.165) is 12.3 Å². The molecule has 0 spiro atoms. The Labute approximate surface area is 83.3 Å². The summed E-state index contributed by atoms with van der Waals surface area (Å²) in [6.45, 7) is 0.754. The van der Waals surface area contributed by atoms with E-state index in [2.05, 4.69) is 23.9 Å². The van der Waals surface area contributed by atoms with Gasteiger partial charge in [-0.3, -0.25) is 0 Å². The lowest BCUT2D eigenvalue weighted by Gasteiger charge is -2.08. The van der Waals surface area contributed by atoms with Crippen molar-refractivity contribution in [3.05, 3.63) is 42.0 Å². The van der Waals surface area contributed by atoms with Gasteiger partial charge in [0, 0.05) is 0 Å². The van der Waals surface area contributed by atoms with Crippen LogP contribution in [0.4, 0.5) is 0 Å². The van der Waals surface area contributed by atoms with Crippen molar-refractivity contribution in [1.29, 1.82) is 0 Å². The van der Waals surface area contributed by atoms with Crippen LogP contribution in [0.25, 0.3) is 10.8 Å². The molecular formula is C12H14NO+. The van der Waals surface area contributed by atoms with Gasteiger partial charge < -0.3 is 10.5 Å². The summed E-state index contributed by atoms with van der Waals surface area (Å²) in [4.78, 5) is 0. The van der Waals surface area contributed by atoms with Gasteiger partial charge in [-0.15, -0.1) is 0 Å². The topological polar surface area (TPSA) is 36.9 Å². The van der Waals surface area contributed by atoms with Crippen LogP contribution in [0, 0.1) is 0 Å². The molecule has 0 aliphatic heterocycles. The third kappa shape index (κ3) is 1.34. The van der Waals surface area contributed by atoms with Crippen molar-refractivity contribution >= 4 is 10.8 Å². The van der Waals surface area contributed by atoms with E-state index in [-0.39, 0.29) is 0 Å². The van der Waals surface area contributed by atoms with Gasteiger partial charge in [0.05, 0.1) is 12.7 Å². The first-order chi connectivity index (χ1) is 6.86. The molecule has 0 unspecified atom stereocenters. The summed E-state index contributed by atoms with van der Waals surface area (Å²) < 4.78 is 5.30. The Morgan fingerprint density at radius 3 is 2.64 bits per heavy atom. The van der Waals surface area contributed by atoms with E-state index >= 15 is 0 Å². The van der Waals surface area contributed by atoms with E-state index in [4.69, 9.17) is 4.74 Å². The maximum atomic E-state index is 5.30. The molecule has 0 aliphatic rings.